The lowest BCUT2D eigenvalue weighted by Crippen LogP contribution is -2.20. The molecule has 0 amide bonds. The Morgan fingerprint density at radius 2 is 2.00 bits per heavy atom. The molecule has 0 unspecified atom stereocenters. The highest BCUT2D eigenvalue weighted by molar-refractivity contribution is 5.85. The molecule has 0 aromatic heterocycles. The molecule has 74 valence electrons. The van der Waals surface area contributed by atoms with Crippen molar-refractivity contribution in [3.63, 3.8) is 0 Å². The molecule has 0 spiro atoms. The molecule has 0 heterocycles. The second-order valence-electron chi connectivity index (χ2n) is 2.43. The fourth-order valence-corrected chi connectivity index (χ4v) is 0.651. The van der Waals surface area contributed by atoms with Gasteiger partial charge in [-0.05, 0) is 6.42 Å². The van der Waals surface area contributed by atoms with Gasteiger partial charge in [-0.1, -0.05) is 26.7 Å². The van der Waals surface area contributed by atoms with Gasteiger partial charge in [0.05, 0.1) is 0 Å². The monoisotopic (exact) mass is 195 g/mol. The van der Waals surface area contributed by atoms with Gasteiger partial charge < -0.3 is 4.84 Å². The minimum Gasteiger partial charge on any atom is -0.371 e. The first-order chi connectivity index (χ1) is 5.31. The van der Waals surface area contributed by atoms with Gasteiger partial charge in [0.15, 0.2) is 0 Å². The van der Waals surface area contributed by atoms with Crippen molar-refractivity contribution >= 4 is 18.4 Å². The van der Waals surface area contributed by atoms with Crippen LogP contribution in [0, 0.1) is 0 Å². The van der Waals surface area contributed by atoms with E-state index >= 15 is 0 Å². The van der Waals surface area contributed by atoms with Crippen molar-refractivity contribution in [2.75, 3.05) is 6.54 Å². The molecular formula is C8H18ClNO2. The number of carbonyl (C=O) groups is 1. The lowest BCUT2D eigenvalue weighted by Gasteiger charge is -2.02. The van der Waals surface area contributed by atoms with E-state index in [9.17, 15) is 4.79 Å². The SMILES string of the molecule is CCCCCNOC(=O)CC.Cl. The Morgan fingerprint density at radius 3 is 2.50 bits per heavy atom. The fourth-order valence-electron chi connectivity index (χ4n) is 0.651. The first kappa shape index (κ1) is 14.3. The Labute approximate surface area is 80.2 Å². The molecule has 0 fully saturated rings. The van der Waals surface area contributed by atoms with E-state index in [0.717, 1.165) is 13.0 Å². The summed E-state index contributed by atoms with van der Waals surface area (Å²) in [4.78, 5) is 15.2. The van der Waals surface area contributed by atoms with Crippen molar-refractivity contribution in [1.82, 2.24) is 5.48 Å². The van der Waals surface area contributed by atoms with Crippen LogP contribution >= 0.6 is 12.4 Å². The van der Waals surface area contributed by atoms with Crippen LogP contribution in [0.5, 0.6) is 0 Å². The number of hydrogen-bond donors (Lipinski definition) is 1. The van der Waals surface area contributed by atoms with Crippen molar-refractivity contribution < 1.29 is 9.63 Å². The molecule has 3 nitrogen and oxygen atoms in total. The van der Waals surface area contributed by atoms with Crippen LogP contribution in [-0.4, -0.2) is 12.5 Å². The average molecular weight is 196 g/mol. The van der Waals surface area contributed by atoms with E-state index in [1.165, 1.54) is 12.8 Å². The molecule has 0 bridgehead atoms. The van der Waals surface area contributed by atoms with Crippen LogP contribution < -0.4 is 5.48 Å². The molecule has 0 rings (SSSR count). The average Bonchev–Trinajstić information content (AvgIpc) is 2.04. The molecule has 0 aromatic rings. The maximum absolute atomic E-state index is 10.6. The molecule has 0 aliphatic carbocycles. The largest absolute Gasteiger partial charge is 0.371 e. The smallest absolute Gasteiger partial charge is 0.324 e. The molecule has 0 saturated heterocycles. The van der Waals surface area contributed by atoms with Gasteiger partial charge in [0.1, 0.15) is 0 Å². The number of halogens is 1. The van der Waals surface area contributed by atoms with E-state index in [1.807, 2.05) is 0 Å². The highest BCUT2D eigenvalue weighted by atomic mass is 35.5. The molecule has 1 N–H and O–H groups in total. The Kier molecular flexibility index (Phi) is 12.7. The molecule has 0 aliphatic heterocycles. The van der Waals surface area contributed by atoms with Crippen LogP contribution in [0.1, 0.15) is 39.5 Å². The Hall–Kier alpha value is -0.280. The first-order valence-electron chi connectivity index (χ1n) is 4.23. The van der Waals surface area contributed by atoms with E-state index < -0.39 is 0 Å². The van der Waals surface area contributed by atoms with Gasteiger partial charge in [-0.3, -0.25) is 4.79 Å². The third-order valence-electron chi connectivity index (χ3n) is 1.36. The summed E-state index contributed by atoms with van der Waals surface area (Å²) < 4.78 is 0. The van der Waals surface area contributed by atoms with Gasteiger partial charge in [0, 0.05) is 13.0 Å². The Morgan fingerprint density at radius 1 is 1.33 bits per heavy atom. The highest BCUT2D eigenvalue weighted by Gasteiger charge is 1.95. The summed E-state index contributed by atoms with van der Waals surface area (Å²) in [6, 6.07) is 0. The van der Waals surface area contributed by atoms with Crippen molar-refractivity contribution in [2.45, 2.75) is 39.5 Å². The third-order valence-corrected chi connectivity index (χ3v) is 1.36. The lowest BCUT2D eigenvalue weighted by molar-refractivity contribution is -0.150. The summed E-state index contributed by atoms with van der Waals surface area (Å²) >= 11 is 0. The lowest BCUT2D eigenvalue weighted by atomic mass is 10.3. The summed E-state index contributed by atoms with van der Waals surface area (Å²) in [5, 5.41) is 0. The maximum Gasteiger partial charge on any atom is 0.324 e. The summed E-state index contributed by atoms with van der Waals surface area (Å²) in [5.74, 6) is -0.193. The Bertz CT molecular complexity index is 109. The summed E-state index contributed by atoms with van der Waals surface area (Å²) in [6.07, 6.45) is 3.86. The zero-order valence-electron chi connectivity index (χ0n) is 7.76. The van der Waals surface area contributed by atoms with E-state index in [4.69, 9.17) is 0 Å². The maximum atomic E-state index is 10.6. The molecule has 0 aliphatic rings. The number of nitrogens with one attached hydrogen (secondary N) is 1. The van der Waals surface area contributed by atoms with Gasteiger partial charge in [-0.15, -0.1) is 12.4 Å². The fraction of sp³-hybridized carbons (Fsp3) is 0.875. The van der Waals surface area contributed by atoms with Crippen LogP contribution in [0.25, 0.3) is 0 Å². The van der Waals surface area contributed by atoms with Gasteiger partial charge >= 0.3 is 5.97 Å². The molecule has 0 atom stereocenters. The van der Waals surface area contributed by atoms with E-state index in [1.54, 1.807) is 6.92 Å². The molecule has 12 heavy (non-hydrogen) atoms. The zero-order valence-corrected chi connectivity index (χ0v) is 8.58. The minimum atomic E-state index is -0.193. The molecule has 0 radical (unpaired) electrons. The van der Waals surface area contributed by atoms with Crippen LogP contribution in [0.2, 0.25) is 0 Å². The topological polar surface area (TPSA) is 38.3 Å². The summed E-state index contributed by atoms with van der Waals surface area (Å²) in [6.45, 7) is 4.67. The van der Waals surface area contributed by atoms with Crippen molar-refractivity contribution in [2.24, 2.45) is 0 Å². The number of hydroxylamine groups is 1. The highest BCUT2D eigenvalue weighted by Crippen LogP contribution is 1.91. The number of unbranched alkanes of at least 4 members (excludes halogenated alkanes) is 2. The Balaban J connectivity index is 0. The van der Waals surface area contributed by atoms with Gasteiger partial charge in [-0.25, -0.2) is 0 Å². The minimum absolute atomic E-state index is 0. The van der Waals surface area contributed by atoms with Crippen LogP contribution in [0.3, 0.4) is 0 Å². The van der Waals surface area contributed by atoms with E-state index in [2.05, 4.69) is 17.2 Å². The van der Waals surface area contributed by atoms with Crippen molar-refractivity contribution in [3.8, 4) is 0 Å². The first-order valence-corrected chi connectivity index (χ1v) is 4.23. The number of hydrogen-bond acceptors (Lipinski definition) is 3. The summed E-state index contributed by atoms with van der Waals surface area (Å²) in [7, 11) is 0. The predicted molar refractivity (Wildman–Crippen MR) is 51.2 cm³/mol. The molecule has 0 aromatic carbocycles. The van der Waals surface area contributed by atoms with Crippen LogP contribution in [0.4, 0.5) is 0 Å². The standard InChI is InChI=1S/C8H17NO2.ClH/c1-3-5-6-7-9-11-8(10)4-2;/h9H,3-7H2,1-2H3;1H. The van der Waals surface area contributed by atoms with E-state index in [0.29, 0.717) is 6.42 Å². The second-order valence-corrected chi connectivity index (χ2v) is 2.43. The van der Waals surface area contributed by atoms with Crippen molar-refractivity contribution in [1.29, 1.82) is 0 Å². The molecular weight excluding hydrogens is 178 g/mol. The van der Waals surface area contributed by atoms with E-state index in [-0.39, 0.29) is 18.4 Å². The third kappa shape index (κ3) is 9.72. The van der Waals surface area contributed by atoms with Gasteiger partial charge in [0.2, 0.25) is 0 Å². The van der Waals surface area contributed by atoms with Crippen LogP contribution in [0.15, 0.2) is 0 Å². The quantitative estimate of drug-likeness (QED) is 0.521. The normalized spacial score (nSPS) is 8.83. The van der Waals surface area contributed by atoms with Crippen molar-refractivity contribution in [3.05, 3.63) is 0 Å². The second kappa shape index (κ2) is 10.7. The van der Waals surface area contributed by atoms with Gasteiger partial charge in [0.25, 0.3) is 0 Å². The molecule has 4 heteroatoms. The van der Waals surface area contributed by atoms with Crippen LogP contribution in [-0.2, 0) is 9.63 Å². The molecule has 0 saturated carbocycles. The zero-order chi connectivity index (χ0) is 8.53. The summed E-state index contributed by atoms with van der Waals surface area (Å²) in [5.41, 5.74) is 2.62. The number of rotatable bonds is 6. The number of carbonyl (C=O) groups excluding carboxylic acids is 1. The predicted octanol–water partition coefficient (Wildman–Crippen LogP) is 2.06. The van der Waals surface area contributed by atoms with Gasteiger partial charge in [-0.2, -0.15) is 5.48 Å².